The second-order valence-electron chi connectivity index (χ2n) is 10.2. The molecular weight excluding hydrogens is 633 g/mol. The fourth-order valence-corrected chi connectivity index (χ4v) is 6.39. The third-order valence-electron chi connectivity index (χ3n) is 6.58. The van der Waals surface area contributed by atoms with Crippen LogP contribution in [0.3, 0.4) is 0 Å². The number of sulfonamides is 1. The second-order valence-corrected chi connectivity index (χ2v) is 13.3. The van der Waals surface area contributed by atoms with Gasteiger partial charge in [-0.2, -0.15) is 0 Å². The Labute approximate surface area is 268 Å². The van der Waals surface area contributed by atoms with Gasteiger partial charge in [0.2, 0.25) is 11.8 Å². The number of benzene rings is 3. The van der Waals surface area contributed by atoms with Crippen molar-refractivity contribution in [3.05, 3.63) is 87.4 Å². The first kappa shape index (κ1) is 34.5. The normalized spacial score (nSPS) is 12.1. The van der Waals surface area contributed by atoms with E-state index in [1.807, 2.05) is 20.8 Å². The number of ether oxygens (including phenoxy) is 1. The summed E-state index contributed by atoms with van der Waals surface area (Å²) in [4.78, 5) is 28.8. The van der Waals surface area contributed by atoms with Gasteiger partial charge in [-0.25, -0.2) is 8.42 Å². The summed E-state index contributed by atoms with van der Waals surface area (Å²) in [6.07, 6.45) is 0.269. The molecule has 3 aromatic rings. The number of rotatable bonds is 14. The van der Waals surface area contributed by atoms with E-state index in [1.54, 1.807) is 49.4 Å². The summed E-state index contributed by atoms with van der Waals surface area (Å²) in [6, 6.07) is 16.1. The molecule has 3 aromatic carbocycles. The van der Waals surface area contributed by atoms with Crippen molar-refractivity contribution in [1.82, 2.24) is 10.2 Å². The zero-order valence-electron chi connectivity index (χ0n) is 24.5. The van der Waals surface area contributed by atoms with E-state index in [-0.39, 0.29) is 35.4 Å². The molecule has 2 amide bonds. The minimum Gasteiger partial charge on any atom is -0.494 e. The highest BCUT2D eigenvalue weighted by Crippen LogP contribution is 2.30. The lowest BCUT2D eigenvalue weighted by molar-refractivity contribution is -0.140. The summed E-state index contributed by atoms with van der Waals surface area (Å²) in [6.45, 7) is 7.68. The van der Waals surface area contributed by atoms with Gasteiger partial charge < -0.3 is 15.0 Å². The molecule has 0 saturated heterocycles. The summed E-state index contributed by atoms with van der Waals surface area (Å²) in [5.41, 5.74) is 0.683. The Morgan fingerprint density at radius 3 is 2.05 bits per heavy atom. The highest BCUT2D eigenvalue weighted by Gasteiger charge is 2.34. The van der Waals surface area contributed by atoms with Crippen molar-refractivity contribution in [2.75, 3.05) is 24.0 Å². The lowest BCUT2D eigenvalue weighted by Crippen LogP contribution is -2.52. The van der Waals surface area contributed by atoms with Crippen molar-refractivity contribution in [2.45, 2.75) is 51.6 Å². The van der Waals surface area contributed by atoms with Gasteiger partial charge in [0, 0.05) is 33.7 Å². The first-order chi connectivity index (χ1) is 20.4. The van der Waals surface area contributed by atoms with Crippen molar-refractivity contribution in [3.8, 4) is 5.75 Å². The monoisotopic (exact) mass is 667 g/mol. The van der Waals surface area contributed by atoms with Crippen LogP contribution >= 0.6 is 34.8 Å². The van der Waals surface area contributed by atoms with E-state index in [0.29, 0.717) is 39.5 Å². The van der Waals surface area contributed by atoms with E-state index in [0.717, 1.165) is 4.31 Å². The van der Waals surface area contributed by atoms with Gasteiger partial charge in [0.1, 0.15) is 18.3 Å². The lowest BCUT2D eigenvalue weighted by atomic mass is 10.1. The van der Waals surface area contributed by atoms with Crippen LogP contribution in [0.5, 0.6) is 5.75 Å². The van der Waals surface area contributed by atoms with Crippen LogP contribution in [0.15, 0.2) is 71.6 Å². The minimum atomic E-state index is -4.25. The highest BCUT2D eigenvalue weighted by atomic mass is 35.5. The highest BCUT2D eigenvalue weighted by molar-refractivity contribution is 7.92. The van der Waals surface area contributed by atoms with E-state index >= 15 is 0 Å². The molecule has 8 nitrogen and oxygen atoms in total. The Morgan fingerprint density at radius 2 is 1.51 bits per heavy atom. The number of hydrogen-bond donors (Lipinski definition) is 1. The molecule has 0 unspecified atom stereocenters. The van der Waals surface area contributed by atoms with Gasteiger partial charge in [0.25, 0.3) is 10.0 Å². The molecule has 0 aliphatic carbocycles. The smallest absolute Gasteiger partial charge is 0.264 e. The van der Waals surface area contributed by atoms with Crippen LogP contribution in [-0.4, -0.2) is 50.9 Å². The zero-order chi connectivity index (χ0) is 31.7. The number of nitrogens with zero attached hydrogens (tertiary/aromatic N) is 2. The maximum Gasteiger partial charge on any atom is 0.264 e. The van der Waals surface area contributed by atoms with E-state index in [4.69, 9.17) is 39.5 Å². The Hall–Kier alpha value is -2.98. The average molecular weight is 669 g/mol. The molecule has 0 aliphatic rings. The largest absolute Gasteiger partial charge is 0.494 e. The number of halogens is 3. The van der Waals surface area contributed by atoms with Crippen molar-refractivity contribution in [3.63, 3.8) is 0 Å². The number of hydrogen-bond acceptors (Lipinski definition) is 5. The SMILES string of the molecule is CCOc1ccc(N(CC(=O)N(Cc2c(Cl)cccc2Cl)[C@@H](CC)C(=O)NCC(C)C)S(=O)(=O)c2ccc(Cl)cc2)cc1. The quantitative estimate of drug-likeness (QED) is 0.203. The van der Waals surface area contributed by atoms with Gasteiger partial charge in [0.15, 0.2) is 0 Å². The Kier molecular flexibility index (Phi) is 12.6. The fraction of sp³-hybridized carbons (Fsp3) is 0.355. The molecule has 1 N–H and O–H groups in total. The van der Waals surface area contributed by atoms with Gasteiger partial charge in [0.05, 0.1) is 17.2 Å². The van der Waals surface area contributed by atoms with Crippen molar-refractivity contribution in [2.24, 2.45) is 5.92 Å². The molecule has 43 heavy (non-hydrogen) atoms. The van der Waals surface area contributed by atoms with Crippen LogP contribution in [0.1, 0.15) is 39.7 Å². The first-order valence-corrected chi connectivity index (χ1v) is 16.5. The number of amides is 2. The van der Waals surface area contributed by atoms with Gasteiger partial charge in [-0.1, -0.05) is 61.6 Å². The number of nitrogens with one attached hydrogen (secondary N) is 1. The van der Waals surface area contributed by atoms with Gasteiger partial charge in [-0.15, -0.1) is 0 Å². The molecule has 0 heterocycles. The van der Waals surface area contributed by atoms with Crippen molar-refractivity contribution >= 4 is 62.3 Å². The van der Waals surface area contributed by atoms with Crippen LogP contribution in [0.25, 0.3) is 0 Å². The van der Waals surface area contributed by atoms with Gasteiger partial charge >= 0.3 is 0 Å². The van der Waals surface area contributed by atoms with E-state index in [9.17, 15) is 18.0 Å². The van der Waals surface area contributed by atoms with E-state index in [1.165, 1.54) is 29.2 Å². The standard InChI is InChI=1S/C31H36Cl3N3O5S/c1-5-29(31(39)35-18-21(3)4)36(19-26-27(33)8-7-9-28(26)34)30(38)20-37(23-12-14-24(15-13-23)42-6-2)43(40,41)25-16-10-22(32)11-17-25/h7-17,21,29H,5-6,18-20H2,1-4H3,(H,35,39)/t29-/m0/s1. The molecule has 0 aromatic heterocycles. The lowest BCUT2D eigenvalue weighted by Gasteiger charge is -2.33. The summed E-state index contributed by atoms with van der Waals surface area (Å²) in [7, 11) is -4.25. The van der Waals surface area contributed by atoms with Gasteiger partial charge in [-0.05, 0) is 79.9 Å². The average Bonchev–Trinajstić information content (AvgIpc) is 2.97. The van der Waals surface area contributed by atoms with Crippen LogP contribution in [0.4, 0.5) is 5.69 Å². The van der Waals surface area contributed by atoms with Crippen LogP contribution in [-0.2, 0) is 26.2 Å². The van der Waals surface area contributed by atoms with Crippen LogP contribution < -0.4 is 14.4 Å². The molecule has 0 radical (unpaired) electrons. The number of carbonyl (C=O) groups is 2. The third kappa shape index (κ3) is 9.01. The van der Waals surface area contributed by atoms with Crippen LogP contribution in [0.2, 0.25) is 15.1 Å². The first-order valence-electron chi connectivity index (χ1n) is 13.9. The topological polar surface area (TPSA) is 96.0 Å². The third-order valence-corrected chi connectivity index (χ3v) is 9.33. The van der Waals surface area contributed by atoms with Crippen LogP contribution in [0, 0.1) is 5.92 Å². The maximum absolute atomic E-state index is 14.2. The summed E-state index contributed by atoms with van der Waals surface area (Å²) in [5, 5.41) is 3.89. The van der Waals surface area contributed by atoms with Gasteiger partial charge in [-0.3, -0.25) is 13.9 Å². The molecule has 3 rings (SSSR count). The second kappa shape index (κ2) is 15.7. The molecule has 232 valence electrons. The number of anilines is 1. The fourth-order valence-electron chi connectivity index (χ4n) is 4.33. The number of carbonyl (C=O) groups excluding carboxylic acids is 2. The Balaban J connectivity index is 2.09. The minimum absolute atomic E-state index is 0.0546. The van der Waals surface area contributed by atoms with Crippen molar-refractivity contribution < 1.29 is 22.7 Å². The summed E-state index contributed by atoms with van der Waals surface area (Å²) < 4.78 is 34.5. The predicted octanol–water partition coefficient (Wildman–Crippen LogP) is 6.82. The van der Waals surface area contributed by atoms with E-state index in [2.05, 4.69) is 5.32 Å². The summed E-state index contributed by atoms with van der Waals surface area (Å²) in [5.74, 6) is -0.248. The molecule has 0 bridgehead atoms. The summed E-state index contributed by atoms with van der Waals surface area (Å²) >= 11 is 18.9. The Morgan fingerprint density at radius 1 is 0.907 bits per heavy atom. The molecule has 0 aliphatic heterocycles. The molecule has 0 saturated carbocycles. The molecular formula is C31H36Cl3N3O5S. The molecule has 0 fully saturated rings. The zero-order valence-corrected chi connectivity index (χ0v) is 27.6. The predicted molar refractivity (Wildman–Crippen MR) is 173 cm³/mol. The molecule has 12 heteroatoms. The van der Waals surface area contributed by atoms with E-state index < -0.39 is 28.5 Å². The van der Waals surface area contributed by atoms with Crippen molar-refractivity contribution in [1.29, 1.82) is 0 Å². The maximum atomic E-state index is 14.2. The molecule has 1 atom stereocenters. The Bertz CT molecular complexity index is 1480. The molecule has 0 spiro atoms.